The predicted molar refractivity (Wildman–Crippen MR) is 136 cm³/mol. The van der Waals surface area contributed by atoms with Crippen LogP contribution >= 0.6 is 11.6 Å². The smallest absolute Gasteiger partial charge is 0.245 e. The maximum absolute atomic E-state index is 13.7. The van der Waals surface area contributed by atoms with Crippen molar-refractivity contribution in [1.29, 1.82) is 0 Å². The summed E-state index contributed by atoms with van der Waals surface area (Å²) < 4.78 is 45.3. The molecule has 0 aromatic carbocycles. The van der Waals surface area contributed by atoms with Crippen LogP contribution < -0.4 is 9.47 Å². The molecule has 1 saturated carbocycles. The molecule has 1 N–H and O–H groups in total. The van der Waals surface area contributed by atoms with Crippen LogP contribution in [0.2, 0.25) is 5.02 Å². The summed E-state index contributed by atoms with van der Waals surface area (Å²) in [5.74, 6) is 0.0277. The molecule has 1 aliphatic carbocycles. The zero-order valence-electron chi connectivity index (χ0n) is 21.5. The number of aliphatic hydroxyl groups excluding tert-OH is 1. The van der Waals surface area contributed by atoms with Gasteiger partial charge in [-0.2, -0.15) is 9.97 Å². The molecule has 3 aromatic heterocycles. The Morgan fingerprint density at radius 3 is 2.26 bits per heavy atom. The summed E-state index contributed by atoms with van der Waals surface area (Å²) in [6.07, 6.45) is 5.41. The van der Waals surface area contributed by atoms with Crippen LogP contribution in [-0.2, 0) is 20.3 Å². The zero-order chi connectivity index (χ0) is 27.4. The van der Waals surface area contributed by atoms with E-state index in [9.17, 15) is 13.5 Å². The van der Waals surface area contributed by atoms with Gasteiger partial charge in [-0.3, -0.25) is 4.57 Å². The molecule has 0 bridgehead atoms. The molecule has 38 heavy (non-hydrogen) atoms. The van der Waals surface area contributed by atoms with E-state index in [2.05, 4.69) is 30.1 Å². The highest BCUT2D eigenvalue weighted by molar-refractivity contribution is 7.91. The first-order chi connectivity index (χ1) is 18.2. The zero-order valence-corrected chi connectivity index (χ0v) is 23.1. The Balaban J connectivity index is 1.80. The van der Waals surface area contributed by atoms with Crippen molar-refractivity contribution in [2.24, 2.45) is 0 Å². The van der Waals surface area contributed by atoms with Gasteiger partial charge in [0.2, 0.25) is 11.8 Å². The van der Waals surface area contributed by atoms with Crippen molar-refractivity contribution >= 4 is 21.4 Å². The second-order valence-corrected chi connectivity index (χ2v) is 11.7. The van der Waals surface area contributed by atoms with Crippen LogP contribution in [0, 0.1) is 0 Å². The van der Waals surface area contributed by atoms with Crippen LogP contribution in [0.3, 0.4) is 0 Å². The molecule has 13 nitrogen and oxygen atoms in total. The third kappa shape index (κ3) is 5.58. The van der Waals surface area contributed by atoms with Crippen LogP contribution in [0.25, 0.3) is 5.69 Å². The summed E-state index contributed by atoms with van der Waals surface area (Å²) in [5.41, 5.74) is 0.248. The Morgan fingerprint density at radius 2 is 1.68 bits per heavy atom. The Bertz CT molecular complexity index is 1330. The number of hydrogen-bond acceptors (Lipinski definition) is 12. The van der Waals surface area contributed by atoms with Crippen molar-refractivity contribution in [3.63, 3.8) is 0 Å². The molecule has 1 fully saturated rings. The number of aliphatic hydroxyl groups is 1. The number of nitrogens with zero attached hydrogens (tertiary/aromatic N) is 7. The van der Waals surface area contributed by atoms with Gasteiger partial charge in [-0.1, -0.05) is 24.4 Å². The lowest BCUT2D eigenvalue weighted by molar-refractivity contribution is 0.0948. The summed E-state index contributed by atoms with van der Waals surface area (Å²) in [6, 6.07) is 0. The second-order valence-electron chi connectivity index (χ2n) is 8.94. The van der Waals surface area contributed by atoms with Crippen molar-refractivity contribution < 1.29 is 27.7 Å². The molecule has 4 rings (SSSR count). The summed E-state index contributed by atoms with van der Waals surface area (Å²) >= 11 is 5.89. The van der Waals surface area contributed by atoms with Gasteiger partial charge in [0.1, 0.15) is 24.0 Å². The summed E-state index contributed by atoms with van der Waals surface area (Å²) in [5, 5.41) is 18.7. The average molecular weight is 568 g/mol. The van der Waals surface area contributed by atoms with Crippen LogP contribution in [0.15, 0.2) is 18.7 Å². The van der Waals surface area contributed by atoms with Gasteiger partial charge >= 0.3 is 0 Å². The summed E-state index contributed by atoms with van der Waals surface area (Å²) in [6.45, 7) is 1.51. The van der Waals surface area contributed by atoms with Crippen LogP contribution in [0.1, 0.15) is 62.1 Å². The van der Waals surface area contributed by atoms with Gasteiger partial charge in [0.15, 0.2) is 27.2 Å². The van der Waals surface area contributed by atoms with Gasteiger partial charge in [-0.05, 0) is 19.8 Å². The highest BCUT2D eigenvalue weighted by Crippen LogP contribution is 2.38. The fraction of sp³-hybridized carbons (Fsp3) is 0.565. The number of ether oxygens (including phenoxy) is 3. The normalized spacial score (nSPS) is 19.6. The first kappa shape index (κ1) is 28.1. The minimum absolute atomic E-state index is 0.0860. The van der Waals surface area contributed by atoms with Crippen molar-refractivity contribution in [3.8, 4) is 17.4 Å². The highest BCUT2D eigenvalue weighted by Gasteiger charge is 2.37. The van der Waals surface area contributed by atoms with E-state index in [4.69, 9.17) is 25.8 Å². The Morgan fingerprint density at radius 1 is 1.05 bits per heavy atom. The first-order valence-electron chi connectivity index (χ1n) is 12.0. The Kier molecular flexibility index (Phi) is 8.75. The molecule has 3 aromatic rings. The van der Waals surface area contributed by atoms with E-state index in [1.807, 2.05) is 0 Å². The van der Waals surface area contributed by atoms with Gasteiger partial charge in [-0.25, -0.2) is 18.4 Å². The number of halogens is 1. The predicted octanol–water partition coefficient (Wildman–Crippen LogP) is 2.23. The lowest BCUT2D eigenvalue weighted by Gasteiger charge is -2.28. The maximum atomic E-state index is 13.7. The van der Waals surface area contributed by atoms with Crippen molar-refractivity contribution in [2.75, 3.05) is 21.3 Å². The quantitative estimate of drug-likeness (QED) is 0.380. The molecule has 4 atom stereocenters. The van der Waals surface area contributed by atoms with Crippen LogP contribution in [0.5, 0.6) is 11.8 Å². The molecular formula is C23H30ClN7O6S. The molecular weight excluding hydrogens is 538 g/mol. The van der Waals surface area contributed by atoms with Gasteiger partial charge in [-0.15, -0.1) is 10.2 Å². The van der Waals surface area contributed by atoms with Gasteiger partial charge < -0.3 is 19.3 Å². The molecule has 0 saturated heterocycles. The molecule has 15 heteroatoms. The Hall–Kier alpha value is -2.94. The fourth-order valence-electron chi connectivity index (χ4n) is 4.63. The molecule has 0 amide bonds. The molecule has 206 valence electrons. The van der Waals surface area contributed by atoms with Crippen molar-refractivity contribution in [1.82, 2.24) is 34.7 Å². The van der Waals surface area contributed by atoms with Gasteiger partial charge in [0, 0.05) is 25.4 Å². The number of hydrogen-bond donors (Lipinski definition) is 1. The number of aromatic nitrogens is 7. The number of sulfone groups is 1. The highest BCUT2D eigenvalue weighted by atomic mass is 35.5. The Labute approximate surface area is 225 Å². The van der Waals surface area contributed by atoms with E-state index in [1.165, 1.54) is 51.5 Å². The van der Waals surface area contributed by atoms with E-state index in [-0.39, 0.29) is 35.0 Å². The second kappa shape index (κ2) is 11.8. The minimum atomic E-state index is -3.93. The van der Waals surface area contributed by atoms with E-state index in [1.54, 1.807) is 0 Å². The third-order valence-electron chi connectivity index (χ3n) is 6.65. The third-order valence-corrected chi connectivity index (χ3v) is 8.89. The molecule has 0 radical (unpaired) electrons. The van der Waals surface area contributed by atoms with Crippen molar-refractivity contribution in [2.45, 2.75) is 61.7 Å². The van der Waals surface area contributed by atoms with Gasteiger partial charge in [0.25, 0.3) is 0 Å². The van der Waals surface area contributed by atoms with Crippen LogP contribution in [0.4, 0.5) is 0 Å². The molecule has 0 spiro atoms. The van der Waals surface area contributed by atoms with E-state index in [0.29, 0.717) is 23.7 Å². The SMILES string of the molecule is COc1ncnc(OC)c1-n1c(CS(=O)(=O)[C@@H](C)[C@H](OC)c2ncc(Cl)cn2)nnc1[C@H]1CCCC[C@@H]1O. The first-order valence-corrected chi connectivity index (χ1v) is 14.1. The lowest BCUT2D eigenvalue weighted by Crippen LogP contribution is -2.30. The number of methoxy groups -OCH3 is 3. The molecule has 1 aliphatic rings. The average Bonchev–Trinajstić information content (AvgIpc) is 3.31. The lowest BCUT2D eigenvalue weighted by atomic mass is 9.86. The van der Waals surface area contributed by atoms with Gasteiger partial charge in [0.05, 0.1) is 30.6 Å². The minimum Gasteiger partial charge on any atom is -0.479 e. The molecule has 3 heterocycles. The topological polar surface area (TPSA) is 164 Å². The fourth-order valence-corrected chi connectivity index (χ4v) is 6.15. The number of rotatable bonds is 10. The molecule has 0 aliphatic heterocycles. The van der Waals surface area contributed by atoms with E-state index in [0.717, 1.165) is 12.8 Å². The largest absolute Gasteiger partial charge is 0.479 e. The standard InChI is InChI=1S/C23H30ClN7O6S/c1-13(19(35-2)20-25-9-14(24)10-26-20)38(33,34)11-17-29-30-21(15-7-5-6-8-16(15)32)31(17)18-22(36-3)27-12-28-23(18)37-4/h9-10,12-13,15-16,19,32H,5-8,11H2,1-4H3/t13-,15-,16-,19-/m0/s1. The van der Waals surface area contributed by atoms with E-state index < -0.39 is 33.0 Å². The maximum Gasteiger partial charge on any atom is 0.245 e. The monoisotopic (exact) mass is 567 g/mol. The molecule has 0 unspecified atom stereocenters. The van der Waals surface area contributed by atoms with E-state index >= 15 is 0 Å². The van der Waals surface area contributed by atoms with Crippen molar-refractivity contribution in [3.05, 3.63) is 41.2 Å². The summed E-state index contributed by atoms with van der Waals surface area (Å²) in [4.78, 5) is 16.6. The van der Waals surface area contributed by atoms with Crippen LogP contribution in [-0.4, -0.2) is 80.9 Å². The summed E-state index contributed by atoms with van der Waals surface area (Å²) in [7, 11) is 0.314.